The standard InChI is InChI=1S/C17H17Cl2NOS/c18-13-7-4-8-14(19)16(13)17(15-11-20-9-10-21-15)22-12-5-2-1-3-6-12/h1-8,15,17,20H,9-11H2/t15-,17?/m1/s1. The van der Waals surface area contributed by atoms with Crippen molar-refractivity contribution in [3.05, 3.63) is 64.1 Å². The summed E-state index contributed by atoms with van der Waals surface area (Å²) in [7, 11) is 0. The molecule has 2 aromatic rings. The monoisotopic (exact) mass is 353 g/mol. The van der Waals surface area contributed by atoms with Crippen molar-refractivity contribution in [1.82, 2.24) is 5.32 Å². The number of thioether (sulfide) groups is 1. The highest BCUT2D eigenvalue weighted by molar-refractivity contribution is 7.99. The second kappa shape index (κ2) is 7.71. The summed E-state index contributed by atoms with van der Waals surface area (Å²) in [6.07, 6.45) is 0.0383. The molecule has 0 aromatic heterocycles. The second-order valence-electron chi connectivity index (χ2n) is 5.10. The van der Waals surface area contributed by atoms with Crippen molar-refractivity contribution in [3.8, 4) is 0 Å². The lowest BCUT2D eigenvalue weighted by molar-refractivity contribution is 0.0273. The van der Waals surface area contributed by atoms with Crippen molar-refractivity contribution < 1.29 is 4.74 Å². The Morgan fingerprint density at radius 1 is 1.05 bits per heavy atom. The number of benzene rings is 2. The summed E-state index contributed by atoms with van der Waals surface area (Å²) in [6.45, 7) is 2.39. The zero-order chi connectivity index (χ0) is 15.4. The number of hydrogen-bond donors (Lipinski definition) is 1. The Balaban J connectivity index is 1.95. The molecular formula is C17H17Cl2NOS. The van der Waals surface area contributed by atoms with Gasteiger partial charge in [0.15, 0.2) is 0 Å². The quantitative estimate of drug-likeness (QED) is 0.796. The van der Waals surface area contributed by atoms with Crippen LogP contribution in [0.4, 0.5) is 0 Å². The Kier molecular flexibility index (Phi) is 5.66. The molecule has 116 valence electrons. The number of halogens is 2. The molecule has 1 saturated heterocycles. The van der Waals surface area contributed by atoms with Gasteiger partial charge in [-0.2, -0.15) is 0 Å². The highest BCUT2D eigenvalue weighted by atomic mass is 35.5. The first-order valence-electron chi connectivity index (χ1n) is 7.23. The zero-order valence-corrected chi connectivity index (χ0v) is 14.3. The Morgan fingerprint density at radius 3 is 2.41 bits per heavy atom. The summed E-state index contributed by atoms with van der Waals surface area (Å²) < 4.78 is 5.98. The maximum absolute atomic E-state index is 6.44. The average molecular weight is 354 g/mol. The highest BCUT2D eigenvalue weighted by Crippen LogP contribution is 2.44. The summed E-state index contributed by atoms with van der Waals surface area (Å²) in [5, 5.41) is 4.82. The third-order valence-corrected chi connectivity index (χ3v) is 5.58. The largest absolute Gasteiger partial charge is 0.374 e. The van der Waals surface area contributed by atoms with E-state index in [9.17, 15) is 0 Å². The molecule has 0 radical (unpaired) electrons. The van der Waals surface area contributed by atoms with Gasteiger partial charge in [0.05, 0.1) is 18.0 Å². The van der Waals surface area contributed by atoms with E-state index in [2.05, 4.69) is 17.4 Å². The van der Waals surface area contributed by atoms with Crippen molar-refractivity contribution >= 4 is 35.0 Å². The summed E-state index contributed by atoms with van der Waals surface area (Å²) in [4.78, 5) is 1.18. The van der Waals surface area contributed by atoms with Crippen LogP contribution in [0.15, 0.2) is 53.4 Å². The fraction of sp³-hybridized carbons (Fsp3) is 0.294. The number of ether oxygens (including phenoxy) is 1. The van der Waals surface area contributed by atoms with Crippen LogP contribution >= 0.6 is 35.0 Å². The van der Waals surface area contributed by atoms with Gasteiger partial charge in [-0.25, -0.2) is 0 Å². The van der Waals surface area contributed by atoms with Crippen LogP contribution in [0.2, 0.25) is 10.0 Å². The van der Waals surface area contributed by atoms with Crippen LogP contribution in [0.5, 0.6) is 0 Å². The molecule has 1 aliphatic heterocycles. The molecule has 1 fully saturated rings. The third-order valence-electron chi connectivity index (χ3n) is 3.58. The lowest BCUT2D eigenvalue weighted by Crippen LogP contribution is -2.41. The van der Waals surface area contributed by atoms with Crippen LogP contribution in [-0.2, 0) is 4.74 Å². The fourth-order valence-corrected chi connectivity index (χ4v) is 4.60. The van der Waals surface area contributed by atoms with Crippen LogP contribution in [0.1, 0.15) is 10.8 Å². The van der Waals surface area contributed by atoms with Crippen LogP contribution in [0.3, 0.4) is 0 Å². The minimum Gasteiger partial charge on any atom is -0.374 e. The first kappa shape index (κ1) is 16.2. The van der Waals surface area contributed by atoms with E-state index >= 15 is 0 Å². The van der Waals surface area contributed by atoms with Gasteiger partial charge in [0.2, 0.25) is 0 Å². The zero-order valence-electron chi connectivity index (χ0n) is 12.0. The van der Waals surface area contributed by atoms with Gasteiger partial charge in [-0.05, 0) is 24.3 Å². The minimum absolute atomic E-state index is 0.0383. The van der Waals surface area contributed by atoms with E-state index in [0.29, 0.717) is 16.7 Å². The molecule has 0 saturated carbocycles. The van der Waals surface area contributed by atoms with E-state index in [-0.39, 0.29) is 11.4 Å². The lowest BCUT2D eigenvalue weighted by Gasteiger charge is -2.32. The third kappa shape index (κ3) is 3.79. The van der Waals surface area contributed by atoms with E-state index in [1.807, 2.05) is 36.4 Å². The number of hydrogen-bond acceptors (Lipinski definition) is 3. The summed E-state index contributed by atoms with van der Waals surface area (Å²) >= 11 is 14.6. The first-order chi connectivity index (χ1) is 10.8. The van der Waals surface area contributed by atoms with Crippen molar-refractivity contribution in [3.63, 3.8) is 0 Å². The smallest absolute Gasteiger partial charge is 0.0863 e. The molecular weight excluding hydrogens is 337 g/mol. The van der Waals surface area contributed by atoms with Crippen molar-refractivity contribution in [2.45, 2.75) is 16.2 Å². The van der Waals surface area contributed by atoms with Crippen LogP contribution < -0.4 is 5.32 Å². The lowest BCUT2D eigenvalue weighted by atomic mass is 10.1. The molecule has 1 aliphatic rings. The topological polar surface area (TPSA) is 21.3 Å². The molecule has 2 atom stereocenters. The maximum Gasteiger partial charge on any atom is 0.0863 e. The van der Waals surface area contributed by atoms with Gasteiger partial charge >= 0.3 is 0 Å². The maximum atomic E-state index is 6.44. The van der Waals surface area contributed by atoms with Crippen LogP contribution in [0, 0.1) is 0 Å². The number of morpholine rings is 1. The Bertz CT molecular complexity index is 597. The van der Waals surface area contributed by atoms with Crippen molar-refractivity contribution in [2.75, 3.05) is 19.7 Å². The summed E-state index contributed by atoms with van der Waals surface area (Å²) in [5.41, 5.74) is 0.952. The Hall–Kier alpha value is -0.710. The highest BCUT2D eigenvalue weighted by Gasteiger charge is 2.30. The molecule has 5 heteroatoms. The second-order valence-corrected chi connectivity index (χ2v) is 7.13. The summed E-state index contributed by atoms with van der Waals surface area (Å²) in [6, 6.07) is 15.9. The van der Waals surface area contributed by atoms with E-state index in [0.717, 1.165) is 18.7 Å². The van der Waals surface area contributed by atoms with E-state index < -0.39 is 0 Å². The van der Waals surface area contributed by atoms with E-state index in [4.69, 9.17) is 27.9 Å². The van der Waals surface area contributed by atoms with Gasteiger partial charge in [0.1, 0.15) is 0 Å². The van der Waals surface area contributed by atoms with Crippen LogP contribution in [0.25, 0.3) is 0 Å². The Morgan fingerprint density at radius 2 is 1.77 bits per heavy atom. The molecule has 2 aromatic carbocycles. The number of rotatable bonds is 4. The molecule has 22 heavy (non-hydrogen) atoms. The van der Waals surface area contributed by atoms with Gasteiger partial charge in [0, 0.05) is 33.6 Å². The van der Waals surface area contributed by atoms with Gasteiger partial charge in [0.25, 0.3) is 0 Å². The minimum atomic E-state index is 0.0383. The van der Waals surface area contributed by atoms with Gasteiger partial charge in [-0.3, -0.25) is 0 Å². The molecule has 2 nitrogen and oxygen atoms in total. The Labute approximate surface area is 145 Å². The molecule has 0 amide bonds. The molecule has 0 aliphatic carbocycles. The molecule has 1 unspecified atom stereocenters. The predicted molar refractivity (Wildman–Crippen MR) is 94.1 cm³/mol. The van der Waals surface area contributed by atoms with Gasteiger partial charge < -0.3 is 10.1 Å². The molecule has 0 spiro atoms. The number of nitrogens with one attached hydrogen (secondary N) is 1. The van der Waals surface area contributed by atoms with E-state index in [1.165, 1.54) is 4.90 Å². The molecule has 1 heterocycles. The first-order valence-corrected chi connectivity index (χ1v) is 8.87. The molecule has 0 bridgehead atoms. The molecule has 3 rings (SSSR count). The van der Waals surface area contributed by atoms with Crippen molar-refractivity contribution in [1.29, 1.82) is 0 Å². The van der Waals surface area contributed by atoms with E-state index in [1.54, 1.807) is 11.8 Å². The van der Waals surface area contributed by atoms with Gasteiger partial charge in [-0.15, -0.1) is 11.8 Å². The SMILES string of the molecule is Clc1cccc(Cl)c1C(Sc1ccccc1)[C@H]1CNCCO1. The van der Waals surface area contributed by atoms with Gasteiger partial charge in [-0.1, -0.05) is 47.5 Å². The summed E-state index contributed by atoms with van der Waals surface area (Å²) in [5.74, 6) is 0. The normalized spacial score (nSPS) is 19.8. The molecule has 1 N–H and O–H groups in total. The predicted octanol–water partition coefficient (Wildman–Crippen LogP) is 4.82. The van der Waals surface area contributed by atoms with Crippen molar-refractivity contribution in [2.24, 2.45) is 0 Å². The van der Waals surface area contributed by atoms with Crippen LogP contribution in [-0.4, -0.2) is 25.8 Å². The fourth-order valence-electron chi connectivity index (χ4n) is 2.53. The average Bonchev–Trinajstić information content (AvgIpc) is 2.55.